The van der Waals surface area contributed by atoms with E-state index in [1.165, 1.54) is 13.2 Å². The Morgan fingerprint density at radius 3 is 2.71 bits per heavy atom. The summed E-state index contributed by atoms with van der Waals surface area (Å²) >= 11 is 5.91. The summed E-state index contributed by atoms with van der Waals surface area (Å²) in [4.78, 5) is 0. The van der Waals surface area contributed by atoms with Gasteiger partial charge >= 0.3 is 0 Å². The van der Waals surface area contributed by atoms with Crippen molar-refractivity contribution in [2.24, 2.45) is 0 Å². The second kappa shape index (κ2) is 5.10. The van der Waals surface area contributed by atoms with E-state index in [4.69, 9.17) is 16.3 Å². The van der Waals surface area contributed by atoms with Crippen molar-refractivity contribution in [2.75, 3.05) is 7.11 Å². The molecule has 0 fully saturated rings. The van der Waals surface area contributed by atoms with Crippen molar-refractivity contribution in [3.8, 4) is 5.88 Å². The number of ether oxygens (including phenoxy) is 1. The average Bonchev–Trinajstić information content (AvgIpc) is 2.32. The predicted octanol–water partition coefficient (Wildman–Crippen LogP) is 2.87. The van der Waals surface area contributed by atoms with E-state index in [0.29, 0.717) is 22.7 Å². The minimum atomic E-state index is -0.263. The van der Waals surface area contributed by atoms with Gasteiger partial charge in [-0.2, -0.15) is 5.10 Å². The van der Waals surface area contributed by atoms with Gasteiger partial charge in [0.2, 0.25) is 0 Å². The number of nitrogens with zero attached hydrogens (tertiary/aromatic N) is 2. The Balaban J connectivity index is 2.25. The smallest absolute Gasteiger partial charge is 0.252 e. The molecule has 0 amide bonds. The fourth-order valence-electron chi connectivity index (χ4n) is 1.46. The standard InChI is InChI=1S/C12H10ClFN2O/c1-17-12-10(13)7-9(15-16-12)6-8-4-2-3-5-11(8)14/h2-5,7H,6H2,1H3. The lowest BCUT2D eigenvalue weighted by Gasteiger charge is -2.04. The third-order valence-corrected chi connectivity index (χ3v) is 2.56. The number of methoxy groups -OCH3 is 1. The van der Waals surface area contributed by atoms with E-state index >= 15 is 0 Å². The summed E-state index contributed by atoms with van der Waals surface area (Å²) in [6.45, 7) is 0. The first-order chi connectivity index (χ1) is 8.20. The van der Waals surface area contributed by atoms with Crippen LogP contribution < -0.4 is 4.74 Å². The lowest BCUT2D eigenvalue weighted by molar-refractivity contribution is 0.391. The number of hydrogen-bond donors (Lipinski definition) is 0. The normalized spacial score (nSPS) is 10.3. The van der Waals surface area contributed by atoms with Crippen LogP contribution in [0, 0.1) is 5.82 Å². The molecular formula is C12H10ClFN2O. The van der Waals surface area contributed by atoms with E-state index < -0.39 is 0 Å². The summed E-state index contributed by atoms with van der Waals surface area (Å²) in [6, 6.07) is 8.16. The molecule has 0 aliphatic carbocycles. The van der Waals surface area contributed by atoms with Crippen molar-refractivity contribution in [3.63, 3.8) is 0 Å². The molecule has 0 spiro atoms. The van der Waals surface area contributed by atoms with Crippen LogP contribution in [-0.4, -0.2) is 17.3 Å². The van der Waals surface area contributed by atoms with Gasteiger partial charge < -0.3 is 4.74 Å². The SMILES string of the molecule is COc1nnc(Cc2ccccc2F)cc1Cl. The molecular weight excluding hydrogens is 243 g/mol. The Bertz CT molecular complexity index is 534. The fourth-order valence-corrected chi connectivity index (χ4v) is 1.70. The zero-order valence-corrected chi connectivity index (χ0v) is 9.91. The lowest BCUT2D eigenvalue weighted by atomic mass is 10.1. The lowest BCUT2D eigenvalue weighted by Crippen LogP contribution is -1.99. The summed E-state index contributed by atoms with van der Waals surface area (Å²) in [6.07, 6.45) is 0.351. The number of hydrogen-bond acceptors (Lipinski definition) is 3. The molecule has 2 rings (SSSR count). The molecule has 1 heterocycles. The van der Waals surface area contributed by atoms with Crippen LogP contribution in [-0.2, 0) is 6.42 Å². The predicted molar refractivity (Wildman–Crippen MR) is 62.8 cm³/mol. The first-order valence-electron chi connectivity index (χ1n) is 5.00. The number of aromatic nitrogens is 2. The molecule has 0 aliphatic rings. The zero-order chi connectivity index (χ0) is 12.3. The van der Waals surface area contributed by atoms with Crippen molar-refractivity contribution >= 4 is 11.6 Å². The zero-order valence-electron chi connectivity index (χ0n) is 9.15. The Labute approximate surface area is 103 Å². The Morgan fingerprint density at radius 1 is 1.29 bits per heavy atom. The molecule has 88 valence electrons. The second-order valence-corrected chi connectivity index (χ2v) is 3.87. The molecule has 0 unspecified atom stereocenters. The van der Waals surface area contributed by atoms with Crippen LogP contribution in [0.2, 0.25) is 5.02 Å². The van der Waals surface area contributed by atoms with E-state index in [2.05, 4.69) is 10.2 Å². The summed E-state index contributed by atoms with van der Waals surface area (Å²) < 4.78 is 18.3. The van der Waals surface area contributed by atoms with E-state index in [9.17, 15) is 4.39 Å². The summed E-state index contributed by atoms with van der Waals surface area (Å²) in [7, 11) is 1.46. The molecule has 0 saturated carbocycles. The van der Waals surface area contributed by atoms with Crippen molar-refractivity contribution in [2.45, 2.75) is 6.42 Å². The van der Waals surface area contributed by atoms with Crippen molar-refractivity contribution in [1.29, 1.82) is 0 Å². The molecule has 17 heavy (non-hydrogen) atoms. The van der Waals surface area contributed by atoms with Crippen LogP contribution >= 0.6 is 11.6 Å². The average molecular weight is 253 g/mol. The Morgan fingerprint density at radius 2 is 2.06 bits per heavy atom. The molecule has 0 N–H and O–H groups in total. The van der Waals surface area contributed by atoms with Crippen LogP contribution in [0.3, 0.4) is 0 Å². The second-order valence-electron chi connectivity index (χ2n) is 3.46. The molecule has 1 aromatic heterocycles. The highest BCUT2D eigenvalue weighted by atomic mass is 35.5. The van der Waals surface area contributed by atoms with Crippen LogP contribution in [0.5, 0.6) is 5.88 Å². The van der Waals surface area contributed by atoms with Crippen LogP contribution in [0.1, 0.15) is 11.3 Å². The number of halogens is 2. The van der Waals surface area contributed by atoms with Crippen molar-refractivity contribution < 1.29 is 9.13 Å². The van der Waals surface area contributed by atoms with Gasteiger partial charge in [0.05, 0.1) is 12.8 Å². The van der Waals surface area contributed by atoms with E-state index in [1.54, 1.807) is 24.3 Å². The van der Waals surface area contributed by atoms with Crippen LogP contribution in [0.25, 0.3) is 0 Å². The van der Waals surface area contributed by atoms with Crippen LogP contribution in [0.15, 0.2) is 30.3 Å². The van der Waals surface area contributed by atoms with Gasteiger partial charge in [-0.1, -0.05) is 29.8 Å². The van der Waals surface area contributed by atoms with Gasteiger partial charge in [-0.3, -0.25) is 0 Å². The van der Waals surface area contributed by atoms with E-state index in [1.807, 2.05) is 0 Å². The number of rotatable bonds is 3. The maximum atomic E-state index is 13.4. The van der Waals surface area contributed by atoms with Crippen molar-refractivity contribution in [3.05, 3.63) is 52.4 Å². The molecule has 0 bridgehead atoms. The van der Waals surface area contributed by atoms with Gasteiger partial charge in [-0.25, -0.2) is 4.39 Å². The third kappa shape index (κ3) is 2.71. The fraction of sp³-hybridized carbons (Fsp3) is 0.167. The Kier molecular flexibility index (Phi) is 3.54. The highest BCUT2D eigenvalue weighted by Gasteiger charge is 2.08. The van der Waals surface area contributed by atoms with Gasteiger partial charge in [0.1, 0.15) is 10.8 Å². The monoisotopic (exact) mass is 252 g/mol. The van der Waals surface area contributed by atoms with E-state index in [-0.39, 0.29) is 11.7 Å². The molecule has 3 nitrogen and oxygen atoms in total. The van der Waals surface area contributed by atoms with Gasteiger partial charge in [-0.05, 0) is 17.7 Å². The summed E-state index contributed by atoms with van der Waals surface area (Å²) in [5.41, 5.74) is 1.16. The topological polar surface area (TPSA) is 35.0 Å². The summed E-state index contributed by atoms with van der Waals surface area (Å²) in [5.74, 6) is 0.00481. The maximum Gasteiger partial charge on any atom is 0.252 e. The molecule has 0 aliphatic heterocycles. The Hall–Kier alpha value is -1.68. The van der Waals surface area contributed by atoms with Crippen LogP contribution in [0.4, 0.5) is 4.39 Å². The molecule has 0 saturated heterocycles. The first-order valence-corrected chi connectivity index (χ1v) is 5.38. The number of benzene rings is 1. The molecule has 1 aromatic carbocycles. The molecule has 0 atom stereocenters. The highest BCUT2D eigenvalue weighted by Crippen LogP contribution is 2.21. The molecule has 0 radical (unpaired) electrons. The van der Waals surface area contributed by atoms with Gasteiger partial charge in [0.15, 0.2) is 0 Å². The van der Waals surface area contributed by atoms with Gasteiger partial charge in [-0.15, -0.1) is 5.10 Å². The minimum absolute atomic E-state index is 0.263. The highest BCUT2D eigenvalue weighted by molar-refractivity contribution is 6.31. The van der Waals surface area contributed by atoms with E-state index in [0.717, 1.165) is 0 Å². The third-order valence-electron chi connectivity index (χ3n) is 2.29. The molecule has 5 heteroatoms. The minimum Gasteiger partial charge on any atom is -0.479 e. The first kappa shape index (κ1) is 11.8. The quantitative estimate of drug-likeness (QED) is 0.843. The summed E-state index contributed by atoms with van der Waals surface area (Å²) in [5, 5.41) is 8.09. The van der Waals surface area contributed by atoms with Crippen molar-refractivity contribution in [1.82, 2.24) is 10.2 Å². The van der Waals surface area contributed by atoms with Gasteiger partial charge in [0, 0.05) is 6.42 Å². The molecule has 2 aromatic rings. The maximum absolute atomic E-state index is 13.4. The largest absolute Gasteiger partial charge is 0.479 e. The van der Waals surface area contributed by atoms with Gasteiger partial charge in [0.25, 0.3) is 5.88 Å².